The molecule has 2 N–H and O–H groups in total. The Morgan fingerprint density at radius 3 is 2.45 bits per heavy atom. The van der Waals surface area contributed by atoms with Crippen LogP contribution in [0.25, 0.3) is 10.9 Å². The van der Waals surface area contributed by atoms with Gasteiger partial charge in [-0.05, 0) is 38.2 Å². The van der Waals surface area contributed by atoms with Crippen LogP contribution >= 0.6 is 0 Å². The molecule has 1 unspecified atom stereocenters. The number of carbonyl (C=O) groups excluding carboxylic acids is 2. The first-order valence-electron chi connectivity index (χ1n) is 10.6. The first-order valence-corrected chi connectivity index (χ1v) is 10.6. The topological polar surface area (TPSA) is 112 Å². The Labute approximate surface area is 193 Å². The number of hydrogen-bond donors (Lipinski definition) is 2. The highest BCUT2D eigenvalue weighted by atomic mass is 16.6. The second kappa shape index (κ2) is 14.5. The average Bonchev–Trinajstić information content (AvgIpc) is 2.87. The second-order valence-corrected chi connectivity index (χ2v) is 6.71. The fraction of sp³-hybridized carbons (Fsp3) is 0.333. The predicted molar refractivity (Wildman–Crippen MR) is 127 cm³/mol. The van der Waals surface area contributed by atoms with Crippen LogP contribution in [-0.2, 0) is 20.9 Å². The van der Waals surface area contributed by atoms with Crippen LogP contribution in [0.2, 0.25) is 0 Å². The summed E-state index contributed by atoms with van der Waals surface area (Å²) in [4.78, 5) is 29.6. The van der Waals surface area contributed by atoms with E-state index in [1.165, 1.54) is 0 Å². The molecule has 0 bridgehead atoms. The third-order valence-corrected chi connectivity index (χ3v) is 4.31. The molecule has 0 aliphatic carbocycles. The molecule has 0 fully saturated rings. The maximum atomic E-state index is 10.4. The van der Waals surface area contributed by atoms with Crippen LogP contribution in [0.1, 0.15) is 12.7 Å². The number of carbonyl (C=O) groups is 2. The van der Waals surface area contributed by atoms with E-state index >= 15 is 0 Å². The van der Waals surface area contributed by atoms with E-state index in [1.54, 1.807) is 13.2 Å². The highest BCUT2D eigenvalue weighted by Gasteiger charge is 2.18. The van der Waals surface area contributed by atoms with Gasteiger partial charge in [-0.25, -0.2) is 9.97 Å². The molecule has 0 amide bonds. The quantitative estimate of drug-likeness (QED) is 0.520. The summed E-state index contributed by atoms with van der Waals surface area (Å²) in [6.45, 7) is 3.93. The molecule has 9 nitrogen and oxygen atoms in total. The van der Waals surface area contributed by atoms with Gasteiger partial charge in [0.1, 0.15) is 24.5 Å². The molecule has 1 aliphatic rings. The zero-order chi connectivity index (χ0) is 23.9. The third-order valence-electron chi connectivity index (χ3n) is 4.31. The molecule has 0 spiro atoms. The van der Waals surface area contributed by atoms with Crippen LogP contribution in [0, 0.1) is 0 Å². The summed E-state index contributed by atoms with van der Waals surface area (Å²) in [5.74, 6) is 2.75. The molecule has 2 aromatic carbocycles. The number of nitrogens with one attached hydrogen (secondary N) is 2. The first kappa shape index (κ1) is 25.7. The SMILES string of the molecule is CCOC.CNCc1nc(NCC=O)c2ccccc2n1.O=CC1COc2ccccc2O1. The number of aldehydes is 2. The molecule has 33 heavy (non-hydrogen) atoms. The largest absolute Gasteiger partial charge is 0.485 e. The van der Waals surface area contributed by atoms with Crippen LogP contribution < -0.4 is 20.1 Å². The summed E-state index contributed by atoms with van der Waals surface area (Å²) in [7, 11) is 3.52. The number of benzene rings is 2. The van der Waals surface area contributed by atoms with Gasteiger partial charge in [0.05, 0.1) is 18.6 Å². The van der Waals surface area contributed by atoms with E-state index in [1.807, 2.05) is 56.4 Å². The summed E-state index contributed by atoms with van der Waals surface area (Å²) < 4.78 is 15.1. The van der Waals surface area contributed by atoms with E-state index in [0.717, 1.165) is 30.1 Å². The van der Waals surface area contributed by atoms with Gasteiger partial charge < -0.3 is 29.6 Å². The standard InChI is InChI=1S/C12H14N4O.C9H8O3.C3H8O/c1-13-8-11-15-10-5-3-2-4-9(10)12(16-11)14-6-7-17;10-5-7-6-11-8-3-1-2-4-9(8)12-7;1-3-4-2/h2-5,7,13H,6,8H2,1H3,(H,14,15,16);1-5,7H,6H2;3H2,1-2H3. The first-order chi connectivity index (χ1) is 16.2. The summed E-state index contributed by atoms with van der Waals surface area (Å²) in [5.41, 5.74) is 0.876. The molecule has 0 saturated heterocycles. The Morgan fingerprint density at radius 2 is 1.79 bits per heavy atom. The number of nitrogens with zero attached hydrogens (tertiary/aromatic N) is 2. The van der Waals surface area contributed by atoms with Crippen LogP contribution in [-0.4, -0.2) is 62.6 Å². The molecule has 1 aromatic heterocycles. The molecule has 0 saturated carbocycles. The van der Waals surface area contributed by atoms with Crippen LogP contribution in [0.3, 0.4) is 0 Å². The number of anilines is 1. The fourth-order valence-electron chi connectivity index (χ4n) is 2.74. The van der Waals surface area contributed by atoms with Crippen molar-refractivity contribution < 1.29 is 23.8 Å². The number of aromatic nitrogens is 2. The molecule has 2 heterocycles. The van der Waals surface area contributed by atoms with Crippen molar-refractivity contribution >= 4 is 29.3 Å². The van der Waals surface area contributed by atoms with Crippen LogP contribution in [0.5, 0.6) is 11.5 Å². The van der Waals surface area contributed by atoms with Crippen molar-refractivity contribution in [3.63, 3.8) is 0 Å². The average molecular weight is 455 g/mol. The fourth-order valence-corrected chi connectivity index (χ4v) is 2.74. The normalized spacial score (nSPS) is 13.6. The smallest absolute Gasteiger partial charge is 0.187 e. The number of rotatable bonds is 7. The van der Waals surface area contributed by atoms with Gasteiger partial charge in [0, 0.05) is 19.1 Å². The Bertz CT molecular complexity index is 1010. The van der Waals surface area contributed by atoms with E-state index in [-0.39, 0.29) is 6.54 Å². The van der Waals surface area contributed by atoms with Crippen molar-refractivity contribution in [1.82, 2.24) is 15.3 Å². The van der Waals surface area contributed by atoms with E-state index in [2.05, 4.69) is 25.3 Å². The molecule has 9 heteroatoms. The Morgan fingerprint density at radius 1 is 1.09 bits per heavy atom. The van der Waals surface area contributed by atoms with E-state index in [9.17, 15) is 9.59 Å². The van der Waals surface area contributed by atoms with Gasteiger partial charge in [0.25, 0.3) is 0 Å². The molecule has 0 radical (unpaired) electrons. The number of para-hydroxylation sites is 3. The van der Waals surface area contributed by atoms with Gasteiger partial charge in [-0.15, -0.1) is 0 Å². The van der Waals surface area contributed by atoms with E-state index in [0.29, 0.717) is 36.3 Å². The number of fused-ring (bicyclic) bond motifs is 2. The Kier molecular flexibility index (Phi) is 11.3. The second-order valence-electron chi connectivity index (χ2n) is 6.71. The van der Waals surface area contributed by atoms with Gasteiger partial charge in [0.15, 0.2) is 23.9 Å². The lowest BCUT2D eigenvalue weighted by Crippen LogP contribution is -2.30. The maximum absolute atomic E-state index is 10.4. The lowest BCUT2D eigenvalue weighted by Gasteiger charge is -2.22. The molecule has 4 rings (SSSR count). The highest BCUT2D eigenvalue weighted by molar-refractivity contribution is 5.89. The number of hydrogen-bond acceptors (Lipinski definition) is 9. The highest BCUT2D eigenvalue weighted by Crippen LogP contribution is 2.30. The molecule has 1 atom stereocenters. The lowest BCUT2D eigenvalue weighted by molar-refractivity contribution is -0.115. The van der Waals surface area contributed by atoms with Crippen molar-refractivity contribution in [2.45, 2.75) is 19.6 Å². The molecule has 3 aromatic rings. The lowest BCUT2D eigenvalue weighted by atomic mass is 10.2. The molecular weight excluding hydrogens is 424 g/mol. The van der Waals surface area contributed by atoms with Gasteiger partial charge in [-0.1, -0.05) is 24.3 Å². The van der Waals surface area contributed by atoms with Crippen molar-refractivity contribution in [3.8, 4) is 11.5 Å². The summed E-state index contributed by atoms with van der Waals surface area (Å²) in [6, 6.07) is 15.0. The van der Waals surface area contributed by atoms with Gasteiger partial charge >= 0.3 is 0 Å². The van der Waals surface area contributed by atoms with E-state index < -0.39 is 6.10 Å². The minimum Gasteiger partial charge on any atom is -0.485 e. The zero-order valence-electron chi connectivity index (χ0n) is 19.1. The van der Waals surface area contributed by atoms with Gasteiger partial charge in [-0.3, -0.25) is 4.79 Å². The van der Waals surface area contributed by atoms with Crippen molar-refractivity contribution in [2.75, 3.05) is 39.2 Å². The number of methoxy groups -OCH3 is 1. The van der Waals surface area contributed by atoms with Gasteiger partial charge in [0.2, 0.25) is 0 Å². The maximum Gasteiger partial charge on any atom is 0.187 e. The zero-order valence-corrected chi connectivity index (χ0v) is 19.1. The minimum absolute atomic E-state index is 0.250. The summed E-state index contributed by atoms with van der Waals surface area (Å²) in [6.07, 6.45) is 1.10. The molecule has 1 aliphatic heterocycles. The Hall–Kier alpha value is -3.56. The molecule has 176 valence electrons. The van der Waals surface area contributed by atoms with Crippen LogP contribution in [0.15, 0.2) is 48.5 Å². The molecular formula is C24H30N4O5. The third kappa shape index (κ3) is 8.13. The summed E-state index contributed by atoms with van der Waals surface area (Å²) >= 11 is 0. The monoisotopic (exact) mass is 454 g/mol. The predicted octanol–water partition coefficient (Wildman–Crippen LogP) is 2.64. The van der Waals surface area contributed by atoms with E-state index in [4.69, 9.17) is 9.47 Å². The Balaban J connectivity index is 0.000000209. The van der Waals surface area contributed by atoms with Crippen molar-refractivity contribution in [1.29, 1.82) is 0 Å². The van der Waals surface area contributed by atoms with Crippen molar-refractivity contribution in [3.05, 3.63) is 54.4 Å². The van der Waals surface area contributed by atoms with Crippen molar-refractivity contribution in [2.24, 2.45) is 0 Å². The number of ether oxygens (including phenoxy) is 3. The minimum atomic E-state index is -0.458. The van der Waals surface area contributed by atoms with Gasteiger partial charge in [-0.2, -0.15) is 0 Å². The summed E-state index contributed by atoms with van der Waals surface area (Å²) in [5, 5.41) is 6.92. The van der Waals surface area contributed by atoms with Crippen LogP contribution in [0.4, 0.5) is 5.82 Å².